The Bertz CT molecular complexity index is 1120. The Morgan fingerprint density at radius 2 is 2.17 bits per heavy atom. The van der Waals surface area contributed by atoms with Gasteiger partial charge in [0.15, 0.2) is 12.3 Å². The van der Waals surface area contributed by atoms with E-state index in [2.05, 4.69) is 15.5 Å². The van der Waals surface area contributed by atoms with Crippen molar-refractivity contribution in [3.05, 3.63) is 29.5 Å². The number of nitriles is 1. The number of nitrogens with two attached hydrogens (primary N) is 1. The second-order valence-corrected chi connectivity index (χ2v) is 6.49. The van der Waals surface area contributed by atoms with Crippen LogP contribution in [0.4, 0.5) is 22.9 Å². The summed E-state index contributed by atoms with van der Waals surface area (Å²) in [4.78, 5) is 10.6. The zero-order valence-corrected chi connectivity index (χ0v) is 15.6. The number of benzene rings is 1. The van der Waals surface area contributed by atoms with E-state index >= 15 is 0 Å². The second-order valence-electron chi connectivity index (χ2n) is 6.00. The molecular formula is C16H13F4N7OS. The Hall–Kier alpha value is -3.27. The SMILES string of the molecule is CC(n1nc(-c2ccc(CNC=O)c3c2cnn3SF)c(C#N)c1N)C(F)(F)F. The van der Waals surface area contributed by atoms with Gasteiger partial charge in [-0.1, -0.05) is 12.1 Å². The first kappa shape index (κ1) is 20.5. The smallest absolute Gasteiger partial charge is 0.383 e. The van der Waals surface area contributed by atoms with Crippen molar-refractivity contribution in [2.24, 2.45) is 0 Å². The highest BCUT2D eigenvalue weighted by Crippen LogP contribution is 2.38. The summed E-state index contributed by atoms with van der Waals surface area (Å²) in [7, 11) is 0. The third-order valence-electron chi connectivity index (χ3n) is 4.38. The summed E-state index contributed by atoms with van der Waals surface area (Å²) >= 11 is -0.192. The molecule has 0 saturated heterocycles. The van der Waals surface area contributed by atoms with E-state index < -0.39 is 18.0 Å². The van der Waals surface area contributed by atoms with Crippen LogP contribution in [0.5, 0.6) is 0 Å². The molecule has 0 aliphatic carbocycles. The van der Waals surface area contributed by atoms with E-state index in [0.717, 1.165) is 11.0 Å². The van der Waals surface area contributed by atoms with Crippen LogP contribution in [0.1, 0.15) is 24.1 Å². The first-order valence-corrected chi connectivity index (χ1v) is 8.72. The number of carbonyl (C=O) groups excluding carboxylic acids is 1. The van der Waals surface area contributed by atoms with E-state index in [1.807, 2.05) is 0 Å². The highest BCUT2D eigenvalue weighted by Gasteiger charge is 2.40. The van der Waals surface area contributed by atoms with Crippen LogP contribution < -0.4 is 11.1 Å². The highest BCUT2D eigenvalue weighted by atomic mass is 32.2. The van der Waals surface area contributed by atoms with E-state index in [4.69, 9.17) is 5.73 Å². The molecule has 1 aromatic carbocycles. The van der Waals surface area contributed by atoms with Crippen LogP contribution in [0, 0.1) is 11.3 Å². The molecule has 3 N–H and O–H groups in total. The van der Waals surface area contributed by atoms with Gasteiger partial charge in [-0.15, -0.1) is 3.89 Å². The molecule has 0 spiro atoms. The Morgan fingerprint density at radius 1 is 1.45 bits per heavy atom. The van der Waals surface area contributed by atoms with Crippen molar-refractivity contribution in [3.8, 4) is 17.3 Å². The lowest BCUT2D eigenvalue weighted by Gasteiger charge is -2.17. The fourth-order valence-electron chi connectivity index (χ4n) is 2.91. The molecule has 3 rings (SSSR count). The van der Waals surface area contributed by atoms with E-state index in [-0.39, 0.29) is 41.2 Å². The van der Waals surface area contributed by atoms with Gasteiger partial charge in [0, 0.05) is 17.5 Å². The van der Waals surface area contributed by atoms with Crippen molar-refractivity contribution >= 4 is 35.5 Å². The number of nitrogens with one attached hydrogen (secondary N) is 1. The number of amides is 1. The van der Waals surface area contributed by atoms with Crippen molar-refractivity contribution in [3.63, 3.8) is 0 Å². The molecular weight excluding hydrogens is 414 g/mol. The van der Waals surface area contributed by atoms with Gasteiger partial charge in [0.1, 0.15) is 29.2 Å². The summed E-state index contributed by atoms with van der Waals surface area (Å²) in [6.45, 7) is 0.940. The van der Waals surface area contributed by atoms with Crippen molar-refractivity contribution in [2.45, 2.75) is 25.7 Å². The fourth-order valence-corrected chi connectivity index (χ4v) is 3.28. The maximum absolute atomic E-state index is 13.3. The minimum atomic E-state index is -4.63. The number of hydrogen-bond acceptors (Lipinski definition) is 6. The van der Waals surface area contributed by atoms with E-state index in [1.54, 1.807) is 6.07 Å². The molecule has 8 nitrogen and oxygen atoms in total. The van der Waals surface area contributed by atoms with Crippen molar-refractivity contribution in [1.29, 1.82) is 5.26 Å². The average Bonchev–Trinajstić information content (AvgIpc) is 3.26. The second kappa shape index (κ2) is 7.63. The number of hydrogen-bond donors (Lipinski definition) is 2. The van der Waals surface area contributed by atoms with Crippen LogP contribution >= 0.6 is 12.3 Å². The lowest BCUT2D eigenvalue weighted by Crippen LogP contribution is -2.25. The van der Waals surface area contributed by atoms with E-state index in [9.17, 15) is 27.1 Å². The number of anilines is 1. The normalized spacial score (nSPS) is 12.7. The molecule has 0 radical (unpaired) electrons. The number of alkyl halides is 3. The van der Waals surface area contributed by atoms with Gasteiger partial charge in [0.2, 0.25) is 6.41 Å². The molecule has 0 saturated carbocycles. The van der Waals surface area contributed by atoms with Gasteiger partial charge in [-0.25, -0.2) is 4.68 Å². The van der Waals surface area contributed by atoms with E-state index in [0.29, 0.717) is 22.0 Å². The van der Waals surface area contributed by atoms with Crippen LogP contribution in [-0.4, -0.2) is 31.6 Å². The molecule has 0 fully saturated rings. The van der Waals surface area contributed by atoms with Gasteiger partial charge in [-0.05, 0) is 12.5 Å². The zero-order chi connectivity index (χ0) is 21.3. The number of fused-ring (bicyclic) bond motifs is 1. The average molecular weight is 427 g/mol. The van der Waals surface area contributed by atoms with Crippen molar-refractivity contribution in [2.75, 3.05) is 5.73 Å². The lowest BCUT2D eigenvalue weighted by atomic mass is 10.0. The van der Waals surface area contributed by atoms with Gasteiger partial charge in [-0.2, -0.15) is 32.7 Å². The first-order valence-electron chi connectivity index (χ1n) is 8.05. The number of carbonyl (C=O) groups is 1. The maximum atomic E-state index is 13.3. The molecule has 13 heteroatoms. The van der Waals surface area contributed by atoms with Crippen LogP contribution in [-0.2, 0) is 11.3 Å². The Kier molecular flexibility index (Phi) is 5.38. The van der Waals surface area contributed by atoms with Crippen LogP contribution in [0.3, 0.4) is 0 Å². The first-order chi connectivity index (χ1) is 13.7. The number of nitrogen functional groups attached to an aromatic ring is 1. The third kappa shape index (κ3) is 3.46. The van der Waals surface area contributed by atoms with Crippen LogP contribution in [0.2, 0.25) is 0 Å². The molecule has 0 aliphatic heterocycles. The van der Waals surface area contributed by atoms with Crippen LogP contribution in [0.25, 0.3) is 22.2 Å². The van der Waals surface area contributed by atoms with Gasteiger partial charge >= 0.3 is 6.18 Å². The molecule has 2 heterocycles. The third-order valence-corrected chi connectivity index (χ3v) is 4.79. The standard InChI is InChI=1S/C16H13F4N7OS/c1-8(16(17,18)19)26-15(22)11(4-21)13(25-26)10-3-2-9(5-23-7-28)14-12(10)6-24-27(14)29-20/h2-3,6-8H,5,22H2,1H3,(H,23,28). The van der Waals surface area contributed by atoms with E-state index in [1.165, 1.54) is 18.3 Å². The topological polar surface area (TPSA) is 115 Å². The molecule has 1 unspecified atom stereocenters. The fraction of sp³-hybridized carbons (Fsp3) is 0.250. The van der Waals surface area contributed by atoms with Gasteiger partial charge < -0.3 is 11.1 Å². The molecule has 2 aromatic heterocycles. The zero-order valence-electron chi connectivity index (χ0n) is 14.7. The largest absolute Gasteiger partial charge is 0.410 e. The van der Waals surface area contributed by atoms with Crippen molar-refractivity contribution in [1.82, 2.24) is 24.3 Å². The molecule has 3 aromatic rings. The lowest BCUT2D eigenvalue weighted by molar-refractivity contribution is -0.164. The number of halogens is 4. The molecule has 152 valence electrons. The molecule has 0 aliphatic rings. The Balaban J connectivity index is 2.26. The monoisotopic (exact) mass is 427 g/mol. The summed E-state index contributed by atoms with van der Waals surface area (Å²) in [6.07, 6.45) is -2.86. The summed E-state index contributed by atoms with van der Waals surface area (Å²) < 4.78 is 54.2. The quantitative estimate of drug-likeness (QED) is 0.462. The summed E-state index contributed by atoms with van der Waals surface area (Å²) in [5, 5.41) is 20.1. The van der Waals surface area contributed by atoms with Gasteiger partial charge in [0.05, 0.1) is 11.7 Å². The summed E-state index contributed by atoms with van der Waals surface area (Å²) in [5.74, 6) is -0.431. The number of aromatic nitrogens is 4. The summed E-state index contributed by atoms with van der Waals surface area (Å²) in [5.41, 5.74) is 6.50. The van der Waals surface area contributed by atoms with Crippen molar-refractivity contribution < 1.29 is 21.9 Å². The number of nitrogens with zero attached hydrogens (tertiary/aromatic N) is 5. The van der Waals surface area contributed by atoms with Gasteiger partial charge in [0.25, 0.3) is 0 Å². The minimum absolute atomic E-state index is 0.0688. The van der Waals surface area contributed by atoms with Crippen LogP contribution in [0.15, 0.2) is 18.3 Å². The number of rotatable bonds is 6. The molecule has 1 atom stereocenters. The van der Waals surface area contributed by atoms with Gasteiger partial charge in [-0.3, -0.25) is 4.79 Å². The predicted octanol–water partition coefficient (Wildman–Crippen LogP) is 3.10. The summed E-state index contributed by atoms with van der Waals surface area (Å²) in [6, 6.07) is 2.76. The Labute approximate surface area is 165 Å². The maximum Gasteiger partial charge on any atom is 0.410 e. The molecule has 29 heavy (non-hydrogen) atoms. The predicted molar refractivity (Wildman–Crippen MR) is 97.8 cm³/mol. The highest BCUT2D eigenvalue weighted by molar-refractivity contribution is 7.92. The minimum Gasteiger partial charge on any atom is -0.383 e. The Morgan fingerprint density at radius 3 is 2.76 bits per heavy atom. The molecule has 1 amide bonds. The molecule has 0 bridgehead atoms.